The molecule has 11 rings (SSSR count). The predicted molar refractivity (Wildman–Crippen MR) is 219 cm³/mol. The molecule has 0 N–H and O–H groups in total. The zero-order valence-corrected chi connectivity index (χ0v) is 29.8. The first-order valence-corrected chi connectivity index (χ1v) is 18.7. The fourth-order valence-electron chi connectivity index (χ4n) is 9.14. The Kier molecular flexibility index (Phi) is 6.74. The second kappa shape index (κ2) is 11.8. The van der Waals surface area contributed by atoms with E-state index in [4.69, 9.17) is 9.47 Å². The molecule has 0 atom stereocenters. The number of aryl methyl sites for hydroxylation is 1. The second-order valence-electron chi connectivity index (χ2n) is 14.3. The lowest BCUT2D eigenvalue weighted by molar-refractivity contribution is 0.361. The van der Waals surface area contributed by atoms with E-state index in [1.807, 2.05) is 6.07 Å². The number of rotatable bonds is 5. The predicted octanol–water partition coefficient (Wildman–Crippen LogP) is 13.6. The van der Waals surface area contributed by atoms with Crippen LogP contribution < -0.4 is 14.4 Å². The summed E-state index contributed by atoms with van der Waals surface area (Å²) in [6.07, 6.45) is 0.979. The fourth-order valence-corrected chi connectivity index (χ4v) is 9.14. The molecule has 3 aliphatic rings. The van der Waals surface area contributed by atoms with Gasteiger partial charge in [-0.3, -0.25) is 0 Å². The Morgan fingerprint density at radius 3 is 1.63 bits per heavy atom. The first-order chi connectivity index (χ1) is 26.7. The van der Waals surface area contributed by atoms with Crippen LogP contribution in [0.3, 0.4) is 0 Å². The molecule has 0 amide bonds. The highest BCUT2D eigenvalue weighted by molar-refractivity contribution is 5.98. The Labute approximate surface area is 315 Å². The van der Waals surface area contributed by atoms with Crippen LogP contribution in [-0.2, 0) is 11.8 Å². The summed E-state index contributed by atoms with van der Waals surface area (Å²) in [4.78, 5) is 2.27. The first kappa shape index (κ1) is 30.8. The molecule has 0 unspecified atom stereocenters. The van der Waals surface area contributed by atoms with Crippen molar-refractivity contribution in [3.05, 3.63) is 210 Å². The molecular formula is C51H35NO2. The van der Waals surface area contributed by atoms with Crippen molar-refractivity contribution in [1.82, 2.24) is 0 Å². The molecule has 0 bridgehead atoms. The molecule has 0 saturated heterocycles. The van der Waals surface area contributed by atoms with E-state index in [-0.39, 0.29) is 0 Å². The van der Waals surface area contributed by atoms with E-state index in [0.717, 1.165) is 34.8 Å². The quantitative estimate of drug-likeness (QED) is 0.179. The van der Waals surface area contributed by atoms with Gasteiger partial charge >= 0.3 is 0 Å². The van der Waals surface area contributed by atoms with E-state index in [0.29, 0.717) is 17.2 Å². The summed E-state index contributed by atoms with van der Waals surface area (Å²) in [6, 6.07) is 65.2. The normalized spacial score (nSPS) is 13.4. The Morgan fingerprint density at radius 1 is 0.426 bits per heavy atom. The largest absolute Gasteiger partial charge is 0.449 e. The topological polar surface area (TPSA) is 21.7 Å². The number of nitrogens with zero attached hydrogens (tertiary/aromatic N) is 1. The Bertz CT molecular complexity index is 2700. The summed E-state index contributed by atoms with van der Waals surface area (Å²) in [6.45, 7) is 2.19. The Hall–Kier alpha value is -6.84. The third-order valence-corrected chi connectivity index (χ3v) is 11.5. The van der Waals surface area contributed by atoms with Gasteiger partial charge in [-0.2, -0.15) is 0 Å². The monoisotopic (exact) mass is 693 g/mol. The number of benzene rings is 8. The molecule has 3 heteroatoms. The van der Waals surface area contributed by atoms with Crippen molar-refractivity contribution in [2.45, 2.75) is 18.8 Å². The van der Waals surface area contributed by atoms with E-state index in [1.165, 1.54) is 55.6 Å². The van der Waals surface area contributed by atoms with E-state index in [9.17, 15) is 0 Å². The van der Waals surface area contributed by atoms with Gasteiger partial charge in [0, 0.05) is 16.9 Å². The maximum atomic E-state index is 7.08. The van der Waals surface area contributed by atoms with Crippen LogP contribution in [0.25, 0.3) is 33.4 Å². The lowest BCUT2D eigenvalue weighted by atomic mass is 9.70. The minimum atomic E-state index is -0.451. The van der Waals surface area contributed by atoms with Gasteiger partial charge in [0.1, 0.15) is 0 Å². The van der Waals surface area contributed by atoms with Crippen LogP contribution in [0.5, 0.6) is 23.0 Å². The van der Waals surface area contributed by atoms with Crippen LogP contribution in [-0.4, -0.2) is 0 Å². The molecule has 0 radical (unpaired) electrons. The third kappa shape index (κ3) is 4.30. The van der Waals surface area contributed by atoms with Crippen molar-refractivity contribution >= 4 is 17.1 Å². The number of fused-ring (bicyclic) bond motifs is 13. The first-order valence-electron chi connectivity index (χ1n) is 18.7. The Balaban J connectivity index is 1.07. The van der Waals surface area contributed by atoms with E-state index >= 15 is 0 Å². The molecule has 0 fully saturated rings. The van der Waals surface area contributed by atoms with Crippen LogP contribution in [0.15, 0.2) is 182 Å². The van der Waals surface area contributed by atoms with Crippen molar-refractivity contribution in [2.24, 2.45) is 0 Å². The lowest BCUT2D eigenvalue weighted by Crippen LogP contribution is -2.25. The van der Waals surface area contributed by atoms with Gasteiger partial charge in [0.05, 0.1) is 11.1 Å². The van der Waals surface area contributed by atoms with Crippen LogP contribution in [0.2, 0.25) is 0 Å². The third-order valence-electron chi connectivity index (χ3n) is 11.5. The highest BCUT2D eigenvalue weighted by Gasteiger charge is 2.53. The molecule has 2 aliphatic carbocycles. The molecule has 1 heterocycles. The number of ether oxygens (including phenoxy) is 2. The number of hydrogen-bond acceptors (Lipinski definition) is 3. The van der Waals surface area contributed by atoms with Gasteiger partial charge in [0.25, 0.3) is 0 Å². The van der Waals surface area contributed by atoms with Crippen LogP contribution in [0.1, 0.15) is 34.7 Å². The molecular weight excluding hydrogens is 659 g/mol. The summed E-state index contributed by atoms with van der Waals surface area (Å²) < 4.78 is 14.1. The van der Waals surface area contributed by atoms with Crippen LogP contribution >= 0.6 is 0 Å². The standard InChI is InChI=1S/C51H35NO2/c1-2-33-23-27-36(28-24-33)52(37-29-25-35(26-30-37)34-13-4-3-5-14-34)45-21-12-22-46-49(45)53-47-32-31-44-48(50(47)54-46)40-17-8-11-20-43(40)51(44)41-18-9-6-15-38(41)39-16-7-10-19-42(39)51/h3-32H,2H2,1H3. The zero-order chi connectivity index (χ0) is 35.8. The summed E-state index contributed by atoms with van der Waals surface area (Å²) >= 11 is 0. The molecule has 8 aromatic rings. The van der Waals surface area contributed by atoms with E-state index in [2.05, 4.69) is 188 Å². The summed E-state index contributed by atoms with van der Waals surface area (Å²) in [5.41, 5.74) is 16.1. The minimum absolute atomic E-state index is 0.451. The van der Waals surface area contributed by atoms with Crippen molar-refractivity contribution in [2.75, 3.05) is 4.90 Å². The highest BCUT2D eigenvalue weighted by Crippen LogP contribution is 2.66. The molecule has 0 aromatic heterocycles. The van der Waals surface area contributed by atoms with Gasteiger partial charge < -0.3 is 14.4 Å². The van der Waals surface area contributed by atoms with Gasteiger partial charge in [-0.1, -0.05) is 146 Å². The van der Waals surface area contributed by atoms with Gasteiger partial charge in [-0.15, -0.1) is 0 Å². The maximum absolute atomic E-state index is 7.08. The van der Waals surface area contributed by atoms with Crippen LogP contribution in [0, 0.1) is 0 Å². The van der Waals surface area contributed by atoms with Gasteiger partial charge in [-0.25, -0.2) is 0 Å². The number of hydrogen-bond donors (Lipinski definition) is 0. The second-order valence-corrected chi connectivity index (χ2v) is 14.3. The zero-order valence-electron chi connectivity index (χ0n) is 29.8. The van der Waals surface area contributed by atoms with Crippen molar-refractivity contribution in [3.8, 4) is 56.4 Å². The van der Waals surface area contributed by atoms with Crippen molar-refractivity contribution in [1.29, 1.82) is 0 Å². The molecule has 54 heavy (non-hydrogen) atoms. The van der Waals surface area contributed by atoms with Gasteiger partial charge in [-0.05, 0) is 105 Å². The van der Waals surface area contributed by atoms with Crippen LogP contribution in [0.4, 0.5) is 17.1 Å². The molecule has 1 spiro atoms. The summed E-state index contributed by atoms with van der Waals surface area (Å²) in [7, 11) is 0. The summed E-state index contributed by atoms with van der Waals surface area (Å²) in [5.74, 6) is 2.85. The van der Waals surface area contributed by atoms with E-state index in [1.54, 1.807) is 0 Å². The number of anilines is 3. The smallest absolute Gasteiger partial charge is 0.194 e. The average molecular weight is 694 g/mol. The van der Waals surface area contributed by atoms with Crippen molar-refractivity contribution < 1.29 is 9.47 Å². The molecule has 0 saturated carbocycles. The van der Waals surface area contributed by atoms with Gasteiger partial charge in [0.2, 0.25) is 0 Å². The SMILES string of the molecule is CCc1ccc(N(c2ccc(-c3ccccc3)cc2)c2cccc3c2Oc2ccc4c(c2O3)-c2ccccc2C42c3ccccc3-c3ccccc32)cc1. The average Bonchev–Trinajstić information content (AvgIpc) is 3.72. The minimum Gasteiger partial charge on any atom is -0.449 e. The lowest BCUT2D eigenvalue weighted by Gasteiger charge is -2.32. The van der Waals surface area contributed by atoms with E-state index < -0.39 is 5.41 Å². The number of para-hydroxylation sites is 1. The fraction of sp³-hybridized carbons (Fsp3) is 0.0588. The molecule has 1 aliphatic heterocycles. The molecule has 8 aromatic carbocycles. The van der Waals surface area contributed by atoms with Crippen molar-refractivity contribution in [3.63, 3.8) is 0 Å². The highest BCUT2D eigenvalue weighted by atomic mass is 16.6. The Morgan fingerprint density at radius 2 is 0.963 bits per heavy atom. The molecule has 3 nitrogen and oxygen atoms in total. The van der Waals surface area contributed by atoms with Gasteiger partial charge in [0.15, 0.2) is 23.0 Å². The maximum Gasteiger partial charge on any atom is 0.194 e. The molecule has 256 valence electrons. The summed E-state index contributed by atoms with van der Waals surface area (Å²) in [5, 5.41) is 0.